The third kappa shape index (κ3) is 4.33. The predicted octanol–water partition coefficient (Wildman–Crippen LogP) is 3.73. The highest BCUT2D eigenvalue weighted by atomic mass is 35.5. The molecule has 0 aliphatic heterocycles. The summed E-state index contributed by atoms with van der Waals surface area (Å²) < 4.78 is 0. The van der Waals surface area contributed by atoms with Gasteiger partial charge in [-0.2, -0.15) is 0 Å². The lowest BCUT2D eigenvalue weighted by Gasteiger charge is -2.10. The molecule has 2 N–H and O–H groups in total. The quantitative estimate of drug-likeness (QED) is 0.903. The van der Waals surface area contributed by atoms with Gasteiger partial charge in [0.1, 0.15) is 0 Å². The van der Waals surface area contributed by atoms with Crippen molar-refractivity contribution in [2.75, 3.05) is 5.32 Å². The second kappa shape index (κ2) is 7.09. The van der Waals surface area contributed by atoms with E-state index in [0.29, 0.717) is 21.8 Å². The van der Waals surface area contributed by atoms with Gasteiger partial charge in [0.2, 0.25) is 0 Å². The molecule has 0 heterocycles. The molecule has 5 heteroatoms. The van der Waals surface area contributed by atoms with E-state index in [4.69, 9.17) is 11.6 Å². The van der Waals surface area contributed by atoms with Gasteiger partial charge in [-0.15, -0.1) is 0 Å². The SMILES string of the molecule is CC(C)NC(=O)c1cccc(C(=O)Nc2ccc(Cl)cc2)c1. The van der Waals surface area contributed by atoms with Crippen LogP contribution in [0, 0.1) is 0 Å². The number of hydrogen-bond donors (Lipinski definition) is 2. The smallest absolute Gasteiger partial charge is 0.255 e. The van der Waals surface area contributed by atoms with Gasteiger partial charge in [0.15, 0.2) is 0 Å². The Kier molecular flexibility index (Phi) is 5.17. The molecule has 114 valence electrons. The van der Waals surface area contributed by atoms with Gasteiger partial charge in [-0.25, -0.2) is 0 Å². The summed E-state index contributed by atoms with van der Waals surface area (Å²) in [6.07, 6.45) is 0. The zero-order valence-corrected chi connectivity index (χ0v) is 13.1. The fourth-order valence-electron chi connectivity index (χ4n) is 1.88. The highest BCUT2D eigenvalue weighted by molar-refractivity contribution is 6.30. The molecule has 0 atom stereocenters. The zero-order chi connectivity index (χ0) is 16.1. The predicted molar refractivity (Wildman–Crippen MR) is 88.4 cm³/mol. The molecule has 0 radical (unpaired) electrons. The normalized spacial score (nSPS) is 10.4. The standard InChI is InChI=1S/C17H17ClN2O2/c1-11(2)19-16(21)12-4-3-5-13(10-12)17(22)20-15-8-6-14(18)7-9-15/h3-11H,1-2H3,(H,19,21)(H,20,22). The van der Waals surface area contributed by atoms with Crippen molar-refractivity contribution in [3.63, 3.8) is 0 Å². The van der Waals surface area contributed by atoms with Gasteiger partial charge in [-0.05, 0) is 56.3 Å². The number of anilines is 1. The van der Waals surface area contributed by atoms with E-state index in [1.54, 1.807) is 48.5 Å². The van der Waals surface area contributed by atoms with E-state index in [2.05, 4.69) is 10.6 Å². The van der Waals surface area contributed by atoms with E-state index >= 15 is 0 Å². The van der Waals surface area contributed by atoms with Gasteiger partial charge in [0.25, 0.3) is 11.8 Å². The van der Waals surface area contributed by atoms with E-state index in [0.717, 1.165) is 0 Å². The highest BCUT2D eigenvalue weighted by Crippen LogP contribution is 2.15. The Hall–Kier alpha value is -2.33. The first kappa shape index (κ1) is 16.0. The van der Waals surface area contributed by atoms with Crippen molar-refractivity contribution < 1.29 is 9.59 Å². The van der Waals surface area contributed by atoms with Crippen LogP contribution < -0.4 is 10.6 Å². The molecular formula is C17H17ClN2O2. The van der Waals surface area contributed by atoms with Crippen molar-refractivity contribution in [3.8, 4) is 0 Å². The number of halogens is 1. The molecule has 0 spiro atoms. The Morgan fingerprint density at radius 3 is 2.14 bits per heavy atom. The summed E-state index contributed by atoms with van der Waals surface area (Å²) in [7, 11) is 0. The highest BCUT2D eigenvalue weighted by Gasteiger charge is 2.11. The number of nitrogens with one attached hydrogen (secondary N) is 2. The zero-order valence-electron chi connectivity index (χ0n) is 12.4. The molecule has 22 heavy (non-hydrogen) atoms. The monoisotopic (exact) mass is 316 g/mol. The first-order chi connectivity index (χ1) is 10.5. The number of benzene rings is 2. The Morgan fingerprint density at radius 1 is 0.955 bits per heavy atom. The molecule has 2 aromatic carbocycles. The van der Waals surface area contributed by atoms with Gasteiger partial charge in [-0.1, -0.05) is 17.7 Å². The largest absolute Gasteiger partial charge is 0.350 e. The molecule has 0 fully saturated rings. The van der Waals surface area contributed by atoms with Crippen molar-refractivity contribution >= 4 is 29.1 Å². The maximum Gasteiger partial charge on any atom is 0.255 e. The number of amides is 2. The van der Waals surface area contributed by atoms with Crippen molar-refractivity contribution in [2.24, 2.45) is 0 Å². The van der Waals surface area contributed by atoms with Gasteiger partial charge in [0, 0.05) is 27.9 Å². The minimum absolute atomic E-state index is 0.0408. The van der Waals surface area contributed by atoms with Crippen LogP contribution in [0.3, 0.4) is 0 Å². The Bertz CT molecular complexity index is 681. The topological polar surface area (TPSA) is 58.2 Å². The average molecular weight is 317 g/mol. The summed E-state index contributed by atoms with van der Waals surface area (Å²) in [5.41, 5.74) is 1.52. The van der Waals surface area contributed by atoms with E-state index in [-0.39, 0.29) is 17.9 Å². The van der Waals surface area contributed by atoms with Crippen molar-refractivity contribution in [2.45, 2.75) is 19.9 Å². The molecule has 0 unspecified atom stereocenters. The first-order valence-electron chi connectivity index (χ1n) is 6.93. The number of rotatable bonds is 4. The second-order valence-electron chi connectivity index (χ2n) is 5.17. The van der Waals surface area contributed by atoms with Crippen LogP contribution in [-0.2, 0) is 0 Å². The number of carbonyl (C=O) groups excluding carboxylic acids is 2. The maximum atomic E-state index is 12.2. The van der Waals surface area contributed by atoms with Crippen molar-refractivity contribution in [3.05, 3.63) is 64.7 Å². The molecule has 0 bridgehead atoms. The van der Waals surface area contributed by atoms with Gasteiger partial charge in [-0.3, -0.25) is 9.59 Å². The van der Waals surface area contributed by atoms with Gasteiger partial charge in [0.05, 0.1) is 0 Å². The summed E-state index contributed by atoms with van der Waals surface area (Å²) >= 11 is 5.81. The van der Waals surface area contributed by atoms with Crippen LogP contribution >= 0.6 is 11.6 Å². The summed E-state index contributed by atoms with van der Waals surface area (Å²) in [6, 6.07) is 13.5. The van der Waals surface area contributed by atoms with Gasteiger partial charge >= 0.3 is 0 Å². The van der Waals surface area contributed by atoms with Crippen LogP contribution in [0.4, 0.5) is 5.69 Å². The average Bonchev–Trinajstić information content (AvgIpc) is 2.49. The van der Waals surface area contributed by atoms with Crippen LogP contribution in [0.5, 0.6) is 0 Å². The third-order valence-corrected chi connectivity index (χ3v) is 3.16. The molecule has 0 saturated carbocycles. The van der Waals surface area contributed by atoms with E-state index < -0.39 is 0 Å². The van der Waals surface area contributed by atoms with Crippen LogP contribution in [-0.4, -0.2) is 17.9 Å². The molecule has 2 amide bonds. The lowest BCUT2D eigenvalue weighted by molar-refractivity contribution is 0.0943. The third-order valence-electron chi connectivity index (χ3n) is 2.91. The summed E-state index contributed by atoms with van der Waals surface area (Å²) in [5, 5.41) is 6.16. The fourth-order valence-corrected chi connectivity index (χ4v) is 2.01. The van der Waals surface area contributed by atoms with Crippen molar-refractivity contribution in [1.29, 1.82) is 0 Å². The molecular weight excluding hydrogens is 300 g/mol. The van der Waals surface area contributed by atoms with Gasteiger partial charge < -0.3 is 10.6 Å². The van der Waals surface area contributed by atoms with E-state index in [1.807, 2.05) is 13.8 Å². The lowest BCUT2D eigenvalue weighted by Crippen LogP contribution is -2.30. The van der Waals surface area contributed by atoms with E-state index in [1.165, 1.54) is 0 Å². The lowest BCUT2D eigenvalue weighted by atomic mass is 10.1. The number of hydrogen-bond acceptors (Lipinski definition) is 2. The maximum absolute atomic E-state index is 12.2. The van der Waals surface area contributed by atoms with Crippen LogP contribution in [0.1, 0.15) is 34.6 Å². The first-order valence-corrected chi connectivity index (χ1v) is 7.31. The number of carbonyl (C=O) groups is 2. The van der Waals surface area contributed by atoms with Crippen LogP contribution in [0.2, 0.25) is 5.02 Å². The molecule has 0 saturated heterocycles. The van der Waals surface area contributed by atoms with Crippen LogP contribution in [0.25, 0.3) is 0 Å². The second-order valence-corrected chi connectivity index (χ2v) is 5.61. The van der Waals surface area contributed by atoms with Crippen molar-refractivity contribution in [1.82, 2.24) is 5.32 Å². The summed E-state index contributed by atoms with van der Waals surface area (Å²) in [4.78, 5) is 24.2. The molecule has 0 aliphatic rings. The Balaban J connectivity index is 2.13. The minimum Gasteiger partial charge on any atom is -0.350 e. The van der Waals surface area contributed by atoms with Crippen LogP contribution in [0.15, 0.2) is 48.5 Å². The minimum atomic E-state index is -0.276. The molecule has 0 aliphatic carbocycles. The molecule has 4 nitrogen and oxygen atoms in total. The Labute approximate surface area is 134 Å². The van der Waals surface area contributed by atoms with E-state index in [9.17, 15) is 9.59 Å². The summed E-state index contributed by atoms with van der Waals surface area (Å²) in [5.74, 6) is -0.474. The Morgan fingerprint density at radius 2 is 1.55 bits per heavy atom. The fraction of sp³-hybridized carbons (Fsp3) is 0.176. The molecule has 2 aromatic rings. The summed E-state index contributed by atoms with van der Waals surface area (Å²) in [6.45, 7) is 3.77. The molecule has 0 aromatic heterocycles. The molecule has 2 rings (SSSR count).